The molecule has 1 saturated carbocycles. The topological polar surface area (TPSA) is 49.0 Å². The van der Waals surface area contributed by atoms with E-state index in [1.807, 2.05) is 42.5 Å². The van der Waals surface area contributed by atoms with E-state index in [2.05, 4.69) is 10.2 Å². The second kappa shape index (κ2) is 6.73. The number of amides is 1. The second-order valence-corrected chi connectivity index (χ2v) is 5.51. The Morgan fingerprint density at radius 1 is 1.35 bits per heavy atom. The summed E-state index contributed by atoms with van der Waals surface area (Å²) in [5.74, 6) is -0.312. The average Bonchev–Trinajstić information content (AvgIpc) is 3.26. The van der Waals surface area contributed by atoms with Crippen LogP contribution in [0.2, 0.25) is 0 Å². The van der Waals surface area contributed by atoms with Crippen LogP contribution in [-0.4, -0.2) is 33.6 Å². The van der Waals surface area contributed by atoms with E-state index in [9.17, 15) is 13.6 Å². The maximum Gasteiger partial charge on any atom is 0.279 e. The lowest BCUT2D eigenvalue weighted by molar-refractivity contribution is 0.0757. The highest BCUT2D eigenvalue weighted by atomic mass is 19.3. The third-order valence-corrected chi connectivity index (χ3v) is 3.71. The number of carbonyl (C=O) groups excluding carboxylic acids is 1. The van der Waals surface area contributed by atoms with Gasteiger partial charge in [-0.05, 0) is 24.5 Å². The average molecular weight is 317 g/mol. The third-order valence-electron chi connectivity index (χ3n) is 3.71. The molecule has 1 heterocycles. The van der Waals surface area contributed by atoms with Crippen LogP contribution < -0.4 is 0 Å². The van der Waals surface area contributed by atoms with Gasteiger partial charge < -0.3 is 4.90 Å². The lowest BCUT2D eigenvalue weighted by Crippen LogP contribution is -2.33. The van der Waals surface area contributed by atoms with Crippen molar-refractivity contribution >= 4 is 12.0 Å². The third kappa shape index (κ3) is 3.83. The number of hydrogen-bond donors (Lipinski definition) is 1. The number of halogens is 2. The van der Waals surface area contributed by atoms with Crippen molar-refractivity contribution in [3.8, 4) is 0 Å². The number of rotatable bonds is 6. The minimum Gasteiger partial charge on any atom is -0.331 e. The SMILES string of the molecule is O=C(c1cc(C(F)F)[nH]n1)N(C/C=C/c1ccccc1)C1CC1. The van der Waals surface area contributed by atoms with Crippen molar-refractivity contribution in [2.24, 2.45) is 0 Å². The fourth-order valence-corrected chi connectivity index (χ4v) is 2.36. The molecule has 120 valence electrons. The first-order valence-corrected chi connectivity index (χ1v) is 7.51. The van der Waals surface area contributed by atoms with Gasteiger partial charge in [0.2, 0.25) is 0 Å². The van der Waals surface area contributed by atoms with E-state index < -0.39 is 6.43 Å². The lowest BCUT2D eigenvalue weighted by Gasteiger charge is -2.19. The van der Waals surface area contributed by atoms with Crippen LogP contribution in [0.5, 0.6) is 0 Å². The molecule has 1 N–H and O–H groups in total. The molecule has 0 spiro atoms. The summed E-state index contributed by atoms with van der Waals surface area (Å²) < 4.78 is 25.2. The van der Waals surface area contributed by atoms with Gasteiger partial charge in [-0.3, -0.25) is 9.89 Å². The van der Waals surface area contributed by atoms with Crippen LogP contribution in [0, 0.1) is 0 Å². The fourth-order valence-electron chi connectivity index (χ4n) is 2.36. The Hall–Kier alpha value is -2.50. The Labute approximate surface area is 132 Å². The van der Waals surface area contributed by atoms with Crippen molar-refractivity contribution in [3.05, 3.63) is 59.4 Å². The summed E-state index contributed by atoms with van der Waals surface area (Å²) in [5, 5.41) is 5.93. The number of hydrogen-bond acceptors (Lipinski definition) is 2. The number of aromatic amines is 1. The minimum absolute atomic E-state index is 0.0420. The van der Waals surface area contributed by atoms with Crippen LogP contribution in [-0.2, 0) is 0 Å². The van der Waals surface area contributed by atoms with Crippen molar-refractivity contribution in [1.29, 1.82) is 0 Å². The highest BCUT2D eigenvalue weighted by Gasteiger charge is 2.33. The van der Waals surface area contributed by atoms with Crippen molar-refractivity contribution in [2.75, 3.05) is 6.54 Å². The van der Waals surface area contributed by atoms with E-state index >= 15 is 0 Å². The first kappa shape index (κ1) is 15.4. The van der Waals surface area contributed by atoms with Crippen LogP contribution in [0.4, 0.5) is 8.78 Å². The molecule has 1 aliphatic rings. The van der Waals surface area contributed by atoms with Crippen molar-refractivity contribution < 1.29 is 13.6 Å². The van der Waals surface area contributed by atoms with Crippen LogP contribution in [0.15, 0.2) is 42.5 Å². The maximum atomic E-state index is 12.6. The number of alkyl halides is 2. The molecule has 0 radical (unpaired) electrons. The number of benzene rings is 1. The highest BCUT2D eigenvalue weighted by Crippen LogP contribution is 2.28. The summed E-state index contributed by atoms with van der Waals surface area (Å²) in [6, 6.07) is 11.1. The zero-order valence-electron chi connectivity index (χ0n) is 12.5. The number of nitrogens with one attached hydrogen (secondary N) is 1. The Balaban J connectivity index is 1.68. The Morgan fingerprint density at radius 3 is 2.70 bits per heavy atom. The predicted molar refractivity (Wildman–Crippen MR) is 83.1 cm³/mol. The smallest absolute Gasteiger partial charge is 0.279 e. The molecule has 0 bridgehead atoms. The summed E-state index contributed by atoms with van der Waals surface area (Å²) in [5.41, 5.74) is 0.764. The van der Waals surface area contributed by atoms with Gasteiger partial charge in [0.1, 0.15) is 5.69 Å². The van der Waals surface area contributed by atoms with Gasteiger partial charge in [0.05, 0.1) is 0 Å². The lowest BCUT2D eigenvalue weighted by atomic mass is 10.2. The molecule has 1 aromatic carbocycles. The number of nitrogens with zero attached hydrogens (tertiary/aromatic N) is 2. The first-order chi connectivity index (χ1) is 11.1. The van der Waals surface area contributed by atoms with Gasteiger partial charge in [-0.2, -0.15) is 5.10 Å². The molecule has 3 rings (SSSR count). The van der Waals surface area contributed by atoms with Gasteiger partial charge >= 0.3 is 0 Å². The Kier molecular flexibility index (Phi) is 4.50. The van der Waals surface area contributed by atoms with E-state index in [0.29, 0.717) is 6.54 Å². The summed E-state index contributed by atoms with van der Waals surface area (Å²) in [4.78, 5) is 14.2. The van der Waals surface area contributed by atoms with Gasteiger partial charge in [-0.25, -0.2) is 8.78 Å². The summed E-state index contributed by atoms with van der Waals surface area (Å²) in [7, 11) is 0. The van der Waals surface area contributed by atoms with Gasteiger partial charge in [-0.15, -0.1) is 0 Å². The van der Waals surface area contributed by atoms with Crippen molar-refractivity contribution in [2.45, 2.75) is 25.3 Å². The van der Waals surface area contributed by atoms with E-state index in [-0.39, 0.29) is 23.3 Å². The summed E-state index contributed by atoms with van der Waals surface area (Å²) in [6.45, 7) is 0.440. The molecule has 1 aliphatic carbocycles. The first-order valence-electron chi connectivity index (χ1n) is 7.51. The molecule has 0 unspecified atom stereocenters. The second-order valence-electron chi connectivity index (χ2n) is 5.51. The number of carbonyl (C=O) groups is 1. The molecule has 1 fully saturated rings. The molecule has 23 heavy (non-hydrogen) atoms. The molecule has 2 aromatic rings. The van der Waals surface area contributed by atoms with Crippen molar-refractivity contribution in [1.82, 2.24) is 15.1 Å². The standard InChI is InChI=1S/C17H17F2N3O/c18-16(19)14-11-15(21-20-14)17(23)22(13-8-9-13)10-4-7-12-5-2-1-3-6-12/h1-7,11,13,16H,8-10H2,(H,20,21)/b7-4+. The zero-order valence-corrected chi connectivity index (χ0v) is 12.5. The monoisotopic (exact) mass is 317 g/mol. The quantitative estimate of drug-likeness (QED) is 0.884. The van der Waals surface area contributed by atoms with Gasteiger partial charge in [0.15, 0.2) is 5.69 Å². The fraction of sp³-hybridized carbons (Fsp3) is 0.294. The van der Waals surface area contributed by atoms with E-state index in [0.717, 1.165) is 24.5 Å². The van der Waals surface area contributed by atoms with Crippen LogP contribution >= 0.6 is 0 Å². The Morgan fingerprint density at radius 2 is 2.09 bits per heavy atom. The zero-order chi connectivity index (χ0) is 16.2. The van der Waals surface area contributed by atoms with Crippen LogP contribution in [0.1, 0.15) is 41.0 Å². The van der Waals surface area contributed by atoms with Gasteiger partial charge in [0, 0.05) is 12.6 Å². The minimum atomic E-state index is -2.66. The highest BCUT2D eigenvalue weighted by molar-refractivity contribution is 5.93. The van der Waals surface area contributed by atoms with E-state index in [4.69, 9.17) is 0 Å². The molecular formula is C17H17F2N3O. The molecule has 1 amide bonds. The van der Waals surface area contributed by atoms with Crippen LogP contribution in [0.25, 0.3) is 6.08 Å². The Bertz CT molecular complexity index is 693. The van der Waals surface area contributed by atoms with Crippen LogP contribution in [0.3, 0.4) is 0 Å². The maximum absolute atomic E-state index is 12.6. The van der Waals surface area contributed by atoms with E-state index in [1.165, 1.54) is 0 Å². The molecule has 1 aromatic heterocycles. The largest absolute Gasteiger partial charge is 0.331 e. The van der Waals surface area contributed by atoms with E-state index in [1.54, 1.807) is 4.90 Å². The molecule has 0 atom stereocenters. The molecular weight excluding hydrogens is 300 g/mol. The van der Waals surface area contributed by atoms with Crippen molar-refractivity contribution in [3.63, 3.8) is 0 Å². The molecule has 0 aliphatic heterocycles. The normalized spacial score (nSPS) is 14.6. The number of H-pyrrole nitrogens is 1. The van der Waals surface area contributed by atoms with Gasteiger partial charge in [0.25, 0.3) is 12.3 Å². The van der Waals surface area contributed by atoms with Gasteiger partial charge in [-0.1, -0.05) is 42.5 Å². The summed E-state index contributed by atoms with van der Waals surface area (Å²) >= 11 is 0. The summed E-state index contributed by atoms with van der Waals surface area (Å²) in [6.07, 6.45) is 3.08. The number of aromatic nitrogens is 2. The molecule has 4 nitrogen and oxygen atoms in total. The molecule has 0 saturated heterocycles. The molecule has 6 heteroatoms. The predicted octanol–water partition coefficient (Wildman–Crippen LogP) is 3.67.